The first-order valence-corrected chi connectivity index (χ1v) is 9.86. The fourth-order valence-corrected chi connectivity index (χ4v) is 3.65. The quantitative estimate of drug-likeness (QED) is 0.421. The Balaban J connectivity index is 1.29. The van der Waals surface area contributed by atoms with E-state index in [1.54, 1.807) is 0 Å². The highest BCUT2D eigenvalue weighted by Crippen LogP contribution is 2.27. The molecule has 4 aromatic carbocycles. The number of nitrogens with one attached hydrogen (secondary N) is 1. The molecule has 0 saturated carbocycles. The predicted octanol–water partition coefficient (Wildman–Crippen LogP) is 5.61. The number of benzene rings is 4. The minimum atomic E-state index is -0.0868. The Bertz CT molecular complexity index is 1350. The lowest BCUT2D eigenvalue weighted by molar-refractivity contribution is -0.116. The minimum absolute atomic E-state index is 0.0868. The molecule has 30 heavy (non-hydrogen) atoms. The molecule has 0 saturated heterocycles. The third kappa shape index (κ3) is 3.53. The molecule has 5 heteroatoms. The van der Waals surface area contributed by atoms with E-state index in [1.165, 1.54) is 0 Å². The molecular formula is C25H19N3O2. The topological polar surface area (TPSA) is 68.0 Å². The summed E-state index contributed by atoms with van der Waals surface area (Å²) in [5.41, 5.74) is 1.73. The third-order valence-electron chi connectivity index (χ3n) is 5.13. The number of carbonyl (C=O) groups is 1. The summed E-state index contributed by atoms with van der Waals surface area (Å²) < 4.78 is 5.40. The Morgan fingerprint density at radius 3 is 2.30 bits per heavy atom. The zero-order valence-electron chi connectivity index (χ0n) is 16.2. The van der Waals surface area contributed by atoms with Gasteiger partial charge in [0.1, 0.15) is 0 Å². The molecule has 0 aliphatic rings. The molecule has 0 unspecified atom stereocenters. The van der Waals surface area contributed by atoms with Crippen molar-refractivity contribution >= 4 is 33.1 Å². The van der Waals surface area contributed by atoms with E-state index in [4.69, 9.17) is 4.52 Å². The van der Waals surface area contributed by atoms with Crippen LogP contribution in [0.1, 0.15) is 12.3 Å². The van der Waals surface area contributed by atoms with Crippen molar-refractivity contribution in [1.82, 2.24) is 10.1 Å². The van der Waals surface area contributed by atoms with Crippen molar-refractivity contribution in [1.29, 1.82) is 0 Å². The van der Waals surface area contributed by atoms with Gasteiger partial charge >= 0.3 is 0 Å². The van der Waals surface area contributed by atoms with Crippen LogP contribution in [0.2, 0.25) is 0 Å². The van der Waals surface area contributed by atoms with Crippen molar-refractivity contribution < 1.29 is 9.32 Å². The predicted molar refractivity (Wildman–Crippen MR) is 118 cm³/mol. The molecule has 5 nitrogen and oxygen atoms in total. The Hall–Kier alpha value is -3.99. The summed E-state index contributed by atoms with van der Waals surface area (Å²) in [7, 11) is 0. The molecule has 0 aliphatic heterocycles. The van der Waals surface area contributed by atoms with Gasteiger partial charge in [-0.1, -0.05) is 84.0 Å². The van der Waals surface area contributed by atoms with Crippen LogP contribution in [-0.2, 0) is 11.2 Å². The fraction of sp³-hybridized carbons (Fsp3) is 0.0800. The number of fused-ring (bicyclic) bond motifs is 2. The number of aromatic nitrogens is 2. The molecule has 5 aromatic rings. The van der Waals surface area contributed by atoms with Gasteiger partial charge in [0.05, 0.1) is 0 Å². The summed E-state index contributed by atoms with van der Waals surface area (Å²) in [5, 5.41) is 11.4. The van der Waals surface area contributed by atoms with Gasteiger partial charge < -0.3 is 9.84 Å². The third-order valence-corrected chi connectivity index (χ3v) is 5.13. The van der Waals surface area contributed by atoms with Gasteiger partial charge in [0, 0.05) is 29.5 Å². The number of hydrogen-bond donors (Lipinski definition) is 1. The monoisotopic (exact) mass is 393 g/mol. The van der Waals surface area contributed by atoms with Crippen LogP contribution in [0.4, 0.5) is 5.69 Å². The normalized spacial score (nSPS) is 11.1. The van der Waals surface area contributed by atoms with E-state index in [-0.39, 0.29) is 12.3 Å². The van der Waals surface area contributed by atoms with Gasteiger partial charge in [-0.25, -0.2) is 0 Å². The molecule has 0 spiro atoms. The largest absolute Gasteiger partial charge is 0.339 e. The molecule has 1 amide bonds. The maximum atomic E-state index is 12.5. The van der Waals surface area contributed by atoms with Crippen molar-refractivity contribution in [2.45, 2.75) is 12.8 Å². The van der Waals surface area contributed by atoms with Crippen LogP contribution in [0.3, 0.4) is 0 Å². The summed E-state index contributed by atoms with van der Waals surface area (Å²) in [4.78, 5) is 17.0. The summed E-state index contributed by atoms with van der Waals surface area (Å²) in [6, 6.07) is 27.9. The van der Waals surface area contributed by atoms with Gasteiger partial charge in [-0.15, -0.1) is 0 Å². The summed E-state index contributed by atoms with van der Waals surface area (Å²) in [6.07, 6.45) is 0.648. The average molecular weight is 393 g/mol. The van der Waals surface area contributed by atoms with Gasteiger partial charge in [0.25, 0.3) is 0 Å². The van der Waals surface area contributed by atoms with Gasteiger partial charge in [-0.05, 0) is 22.2 Å². The number of carbonyl (C=O) groups excluding carboxylic acids is 1. The number of rotatable bonds is 5. The Labute approximate surface area is 173 Å². The molecule has 0 radical (unpaired) electrons. The molecule has 146 valence electrons. The SMILES string of the molecule is O=C(CCc1nc(-c2cccc3ccccc23)no1)Nc1cccc2ccccc12. The molecule has 0 fully saturated rings. The first-order chi connectivity index (χ1) is 14.8. The van der Waals surface area contributed by atoms with Crippen molar-refractivity contribution in [3.63, 3.8) is 0 Å². The zero-order valence-corrected chi connectivity index (χ0v) is 16.2. The highest BCUT2D eigenvalue weighted by atomic mass is 16.5. The van der Waals surface area contributed by atoms with Crippen LogP contribution in [0, 0.1) is 0 Å². The van der Waals surface area contributed by atoms with E-state index in [1.807, 2.05) is 72.8 Å². The van der Waals surface area contributed by atoms with E-state index in [0.29, 0.717) is 18.1 Å². The van der Waals surface area contributed by atoms with E-state index in [0.717, 1.165) is 32.8 Å². The van der Waals surface area contributed by atoms with Crippen LogP contribution < -0.4 is 5.32 Å². The van der Waals surface area contributed by atoms with Crippen molar-refractivity contribution in [3.05, 3.63) is 90.8 Å². The lowest BCUT2D eigenvalue weighted by Gasteiger charge is -2.08. The second kappa shape index (κ2) is 7.79. The average Bonchev–Trinajstić information content (AvgIpc) is 3.26. The summed E-state index contributed by atoms with van der Waals surface area (Å²) in [5.74, 6) is 0.901. The van der Waals surface area contributed by atoms with Crippen LogP contribution in [0.15, 0.2) is 89.5 Å². The Morgan fingerprint density at radius 2 is 1.47 bits per heavy atom. The number of aryl methyl sites for hydroxylation is 1. The fourth-order valence-electron chi connectivity index (χ4n) is 3.65. The summed E-state index contributed by atoms with van der Waals surface area (Å²) >= 11 is 0. The zero-order chi connectivity index (χ0) is 20.3. The van der Waals surface area contributed by atoms with Crippen molar-refractivity contribution in [3.8, 4) is 11.4 Å². The number of hydrogen-bond acceptors (Lipinski definition) is 4. The Morgan fingerprint density at radius 1 is 0.800 bits per heavy atom. The molecule has 0 aliphatic carbocycles. The molecular weight excluding hydrogens is 374 g/mol. The maximum absolute atomic E-state index is 12.5. The van der Waals surface area contributed by atoms with Crippen molar-refractivity contribution in [2.75, 3.05) is 5.32 Å². The first-order valence-electron chi connectivity index (χ1n) is 9.86. The van der Waals surface area contributed by atoms with Crippen molar-refractivity contribution in [2.24, 2.45) is 0 Å². The lowest BCUT2D eigenvalue weighted by Crippen LogP contribution is -2.12. The lowest BCUT2D eigenvalue weighted by atomic mass is 10.0. The molecule has 1 N–H and O–H groups in total. The van der Waals surface area contributed by atoms with Crippen LogP contribution >= 0.6 is 0 Å². The number of anilines is 1. The van der Waals surface area contributed by atoms with E-state index < -0.39 is 0 Å². The minimum Gasteiger partial charge on any atom is -0.339 e. The number of nitrogens with zero attached hydrogens (tertiary/aromatic N) is 2. The van der Waals surface area contributed by atoms with Gasteiger partial charge in [-0.2, -0.15) is 4.98 Å². The maximum Gasteiger partial charge on any atom is 0.227 e. The molecule has 5 rings (SSSR count). The summed E-state index contributed by atoms with van der Waals surface area (Å²) in [6.45, 7) is 0. The van der Waals surface area contributed by atoms with Gasteiger partial charge in [0.2, 0.25) is 17.6 Å². The van der Waals surface area contributed by atoms with Crippen LogP contribution in [0.25, 0.3) is 32.9 Å². The van der Waals surface area contributed by atoms with Gasteiger partial charge in [-0.3, -0.25) is 4.79 Å². The molecule has 1 aromatic heterocycles. The van der Waals surface area contributed by atoms with Crippen LogP contribution in [0.5, 0.6) is 0 Å². The van der Waals surface area contributed by atoms with E-state index >= 15 is 0 Å². The van der Waals surface area contributed by atoms with E-state index in [9.17, 15) is 4.79 Å². The molecule has 0 bridgehead atoms. The van der Waals surface area contributed by atoms with Crippen LogP contribution in [-0.4, -0.2) is 16.0 Å². The first kappa shape index (κ1) is 18.1. The smallest absolute Gasteiger partial charge is 0.227 e. The standard InChI is InChI=1S/C25H19N3O2/c29-23(26-22-14-6-10-18-8-2-4-12-20(18)22)15-16-24-27-25(28-30-24)21-13-5-9-17-7-1-3-11-19(17)21/h1-14H,15-16H2,(H,26,29). The second-order valence-corrected chi connectivity index (χ2v) is 7.11. The highest BCUT2D eigenvalue weighted by molar-refractivity contribution is 6.02. The highest BCUT2D eigenvalue weighted by Gasteiger charge is 2.13. The Kier molecular flexibility index (Phi) is 4.69. The second-order valence-electron chi connectivity index (χ2n) is 7.11. The molecule has 0 atom stereocenters. The molecule has 1 heterocycles. The number of amides is 1. The van der Waals surface area contributed by atoms with E-state index in [2.05, 4.69) is 27.6 Å². The van der Waals surface area contributed by atoms with Gasteiger partial charge in [0.15, 0.2) is 0 Å².